The van der Waals surface area contributed by atoms with Gasteiger partial charge in [0, 0.05) is 12.1 Å². The van der Waals surface area contributed by atoms with Crippen LogP contribution in [0.15, 0.2) is 0 Å². The normalized spacial score (nSPS) is 52.2. The minimum atomic E-state index is 0.227. The highest BCUT2D eigenvalue weighted by Crippen LogP contribution is 2.38. The number of nitrogens with one attached hydrogen (secondary N) is 1. The van der Waals surface area contributed by atoms with E-state index >= 15 is 0 Å². The van der Waals surface area contributed by atoms with E-state index in [4.69, 9.17) is 5.73 Å². The molecule has 76 valence electrons. The Bertz CT molecular complexity index is 187. The number of nitrogens with two attached hydrogens (primary N) is 1. The Kier molecular flexibility index (Phi) is 2.34. The third kappa shape index (κ3) is 1.49. The molecular formula is C10H21N3. The monoisotopic (exact) mass is 183 g/mol. The van der Waals surface area contributed by atoms with E-state index in [1.54, 1.807) is 0 Å². The second-order valence-electron chi connectivity index (χ2n) is 4.92. The Morgan fingerprint density at radius 2 is 1.77 bits per heavy atom. The average Bonchev–Trinajstić information content (AvgIpc) is 2.30. The molecule has 3 N–H and O–H groups in total. The van der Waals surface area contributed by atoms with Gasteiger partial charge in [0.05, 0.1) is 6.17 Å². The van der Waals surface area contributed by atoms with E-state index in [-0.39, 0.29) is 6.17 Å². The molecule has 1 saturated heterocycles. The van der Waals surface area contributed by atoms with Crippen LogP contribution in [0.4, 0.5) is 0 Å². The van der Waals surface area contributed by atoms with Gasteiger partial charge in [0.2, 0.25) is 0 Å². The Labute approximate surface area is 80.6 Å². The van der Waals surface area contributed by atoms with Crippen molar-refractivity contribution in [2.24, 2.45) is 17.6 Å². The van der Waals surface area contributed by atoms with Gasteiger partial charge in [-0.2, -0.15) is 0 Å². The summed E-state index contributed by atoms with van der Waals surface area (Å²) >= 11 is 0. The molecule has 1 unspecified atom stereocenters. The molecule has 0 amide bonds. The molecule has 0 aromatic heterocycles. The number of hydrogen-bond donors (Lipinski definition) is 2. The maximum atomic E-state index is 6.07. The van der Waals surface area contributed by atoms with Gasteiger partial charge in [0.15, 0.2) is 0 Å². The molecule has 0 bridgehead atoms. The third-order valence-corrected chi connectivity index (χ3v) is 3.55. The summed E-state index contributed by atoms with van der Waals surface area (Å²) in [5.74, 6) is 1.61. The van der Waals surface area contributed by atoms with E-state index in [2.05, 4.69) is 31.2 Å². The van der Waals surface area contributed by atoms with Crippen LogP contribution in [-0.4, -0.2) is 23.3 Å². The number of hydrazine groups is 1. The van der Waals surface area contributed by atoms with E-state index in [9.17, 15) is 0 Å². The summed E-state index contributed by atoms with van der Waals surface area (Å²) in [6.07, 6.45) is 2.66. The second-order valence-corrected chi connectivity index (χ2v) is 4.92. The Balaban J connectivity index is 2.00. The van der Waals surface area contributed by atoms with Crippen molar-refractivity contribution in [1.82, 2.24) is 10.4 Å². The minimum Gasteiger partial charge on any atom is -0.315 e. The van der Waals surface area contributed by atoms with Crippen molar-refractivity contribution >= 4 is 0 Å². The first-order valence-electron chi connectivity index (χ1n) is 5.39. The molecule has 0 aromatic carbocycles. The number of hydrogen-bond acceptors (Lipinski definition) is 3. The smallest absolute Gasteiger partial charge is 0.0726 e. The quantitative estimate of drug-likeness (QED) is 0.635. The molecule has 1 heterocycles. The number of rotatable bonds is 1. The summed E-state index contributed by atoms with van der Waals surface area (Å²) in [5.41, 5.74) is 9.54. The van der Waals surface area contributed by atoms with Crippen LogP contribution < -0.4 is 11.2 Å². The average molecular weight is 183 g/mol. The van der Waals surface area contributed by atoms with E-state index in [0.717, 1.165) is 18.3 Å². The Morgan fingerprint density at radius 1 is 1.15 bits per heavy atom. The van der Waals surface area contributed by atoms with Crippen molar-refractivity contribution in [1.29, 1.82) is 0 Å². The summed E-state index contributed by atoms with van der Waals surface area (Å²) in [6.45, 7) is 6.85. The summed E-state index contributed by atoms with van der Waals surface area (Å²) in [4.78, 5) is 0. The molecule has 5 atom stereocenters. The lowest BCUT2D eigenvalue weighted by molar-refractivity contribution is -0.0236. The van der Waals surface area contributed by atoms with Gasteiger partial charge in [-0.1, -0.05) is 13.8 Å². The first-order chi connectivity index (χ1) is 6.09. The minimum absolute atomic E-state index is 0.227. The fraction of sp³-hybridized carbons (Fsp3) is 1.00. The fourth-order valence-corrected chi connectivity index (χ4v) is 2.96. The molecular weight excluding hydrogens is 162 g/mol. The van der Waals surface area contributed by atoms with E-state index < -0.39 is 0 Å². The predicted octanol–water partition coefficient (Wildman–Crippen LogP) is 0.914. The van der Waals surface area contributed by atoms with Crippen LogP contribution in [0.2, 0.25) is 0 Å². The summed E-state index contributed by atoms with van der Waals surface area (Å²) in [7, 11) is 0. The van der Waals surface area contributed by atoms with Crippen LogP contribution in [0.5, 0.6) is 0 Å². The van der Waals surface area contributed by atoms with Gasteiger partial charge in [-0.05, 0) is 31.6 Å². The van der Waals surface area contributed by atoms with E-state index in [1.165, 1.54) is 6.42 Å². The molecule has 0 spiro atoms. The van der Waals surface area contributed by atoms with Crippen LogP contribution in [-0.2, 0) is 0 Å². The third-order valence-electron chi connectivity index (χ3n) is 3.55. The molecule has 3 nitrogen and oxygen atoms in total. The highest BCUT2D eigenvalue weighted by molar-refractivity contribution is 4.95. The molecule has 1 aliphatic carbocycles. The summed E-state index contributed by atoms with van der Waals surface area (Å²) < 4.78 is 0. The topological polar surface area (TPSA) is 41.3 Å². The van der Waals surface area contributed by atoms with Gasteiger partial charge in [-0.3, -0.25) is 5.43 Å². The zero-order chi connectivity index (χ0) is 9.59. The molecule has 0 radical (unpaired) electrons. The molecule has 1 saturated carbocycles. The molecule has 1 aliphatic heterocycles. The fourth-order valence-electron chi connectivity index (χ4n) is 2.96. The second kappa shape index (κ2) is 3.23. The van der Waals surface area contributed by atoms with Crippen LogP contribution in [0.3, 0.4) is 0 Å². The molecule has 2 fully saturated rings. The van der Waals surface area contributed by atoms with Gasteiger partial charge in [-0.15, -0.1) is 0 Å². The SMILES string of the molecule is C[C@@H]1C[C@H](N)N(C2[C@H](C)C[C@@H]2C)N1. The van der Waals surface area contributed by atoms with Gasteiger partial charge in [0.25, 0.3) is 0 Å². The van der Waals surface area contributed by atoms with Crippen molar-refractivity contribution in [3.8, 4) is 0 Å². The van der Waals surface area contributed by atoms with E-state index in [1.807, 2.05) is 0 Å². The van der Waals surface area contributed by atoms with Crippen molar-refractivity contribution in [3.63, 3.8) is 0 Å². The van der Waals surface area contributed by atoms with Gasteiger partial charge in [-0.25, -0.2) is 5.01 Å². The molecule has 0 aromatic rings. The lowest BCUT2D eigenvalue weighted by Gasteiger charge is -2.47. The van der Waals surface area contributed by atoms with Gasteiger partial charge >= 0.3 is 0 Å². The Morgan fingerprint density at radius 3 is 2.15 bits per heavy atom. The van der Waals surface area contributed by atoms with Crippen LogP contribution in [0.1, 0.15) is 33.6 Å². The van der Waals surface area contributed by atoms with Crippen molar-refractivity contribution in [2.45, 2.75) is 51.9 Å². The van der Waals surface area contributed by atoms with Gasteiger partial charge in [0.1, 0.15) is 0 Å². The largest absolute Gasteiger partial charge is 0.315 e. The maximum absolute atomic E-state index is 6.07. The first kappa shape index (κ1) is 9.44. The van der Waals surface area contributed by atoms with Crippen LogP contribution >= 0.6 is 0 Å². The predicted molar refractivity (Wildman–Crippen MR) is 53.8 cm³/mol. The summed E-state index contributed by atoms with van der Waals surface area (Å²) in [5, 5.41) is 2.30. The van der Waals surface area contributed by atoms with Gasteiger partial charge < -0.3 is 5.73 Å². The molecule has 2 aliphatic rings. The zero-order valence-corrected chi connectivity index (χ0v) is 8.83. The Hall–Kier alpha value is -0.120. The number of nitrogens with zero attached hydrogens (tertiary/aromatic N) is 1. The van der Waals surface area contributed by atoms with E-state index in [0.29, 0.717) is 12.1 Å². The maximum Gasteiger partial charge on any atom is 0.0726 e. The van der Waals surface area contributed by atoms with Crippen molar-refractivity contribution in [3.05, 3.63) is 0 Å². The molecule has 13 heavy (non-hydrogen) atoms. The molecule has 3 heteroatoms. The zero-order valence-electron chi connectivity index (χ0n) is 8.83. The highest BCUT2D eigenvalue weighted by Gasteiger charge is 2.43. The van der Waals surface area contributed by atoms with Crippen molar-refractivity contribution < 1.29 is 0 Å². The molecule has 2 rings (SSSR count). The van der Waals surface area contributed by atoms with Crippen LogP contribution in [0, 0.1) is 11.8 Å². The van der Waals surface area contributed by atoms with Crippen LogP contribution in [0.25, 0.3) is 0 Å². The standard InChI is InChI=1S/C10H21N3/c1-6-4-7(2)10(6)13-9(11)5-8(3)12-13/h6-10,12H,4-5,11H2,1-3H3/t6-,7+,8-,9-,10?/m1/s1. The first-order valence-corrected chi connectivity index (χ1v) is 5.39. The summed E-state index contributed by atoms with van der Waals surface area (Å²) in [6, 6.07) is 1.22. The lowest BCUT2D eigenvalue weighted by atomic mass is 9.71. The highest BCUT2D eigenvalue weighted by atomic mass is 15.6. The lowest BCUT2D eigenvalue weighted by Crippen LogP contribution is -2.59. The van der Waals surface area contributed by atoms with Crippen molar-refractivity contribution in [2.75, 3.05) is 0 Å².